The quantitative estimate of drug-likeness (QED) is 0.762. The fourth-order valence-electron chi connectivity index (χ4n) is 6.36. The van der Waals surface area contributed by atoms with Gasteiger partial charge in [0.25, 0.3) is 5.91 Å². The lowest BCUT2D eigenvalue weighted by Crippen LogP contribution is -2.57. The first-order valence-electron chi connectivity index (χ1n) is 12.5. The summed E-state index contributed by atoms with van der Waals surface area (Å²) in [5.74, 6) is 0.298. The van der Waals surface area contributed by atoms with Gasteiger partial charge in [0.2, 0.25) is 5.91 Å². The highest BCUT2D eigenvalue weighted by Crippen LogP contribution is 2.40. The second-order valence-corrected chi connectivity index (χ2v) is 10.1. The number of likely N-dealkylation sites (tertiary alicyclic amines) is 2. The summed E-state index contributed by atoms with van der Waals surface area (Å²) in [6, 6.07) is 3.55. The molecule has 174 valence electrons. The summed E-state index contributed by atoms with van der Waals surface area (Å²) in [7, 11) is 0. The van der Waals surface area contributed by atoms with Gasteiger partial charge in [0.05, 0.1) is 11.7 Å². The molecule has 3 aliphatic heterocycles. The number of hydrogen-bond donors (Lipinski definition) is 1. The third kappa shape index (κ3) is 4.17. The van der Waals surface area contributed by atoms with Gasteiger partial charge in [-0.1, -0.05) is 12.8 Å². The number of hydrogen-bond acceptors (Lipinski definition) is 5. The van der Waals surface area contributed by atoms with Crippen LogP contribution in [-0.4, -0.2) is 76.6 Å². The Morgan fingerprint density at radius 3 is 2.34 bits per heavy atom. The minimum Gasteiger partial charge on any atom is -0.370 e. The van der Waals surface area contributed by atoms with E-state index in [1.165, 1.54) is 12.8 Å². The number of pyridine rings is 1. The molecule has 4 fully saturated rings. The molecule has 7 heteroatoms. The Labute approximate surface area is 190 Å². The fourth-order valence-corrected chi connectivity index (χ4v) is 6.36. The van der Waals surface area contributed by atoms with Crippen LogP contribution in [0.25, 0.3) is 0 Å². The van der Waals surface area contributed by atoms with Crippen molar-refractivity contribution in [2.24, 2.45) is 0 Å². The van der Waals surface area contributed by atoms with Gasteiger partial charge in [0.15, 0.2) is 0 Å². The first-order chi connectivity index (χ1) is 15.6. The highest BCUT2D eigenvalue weighted by Gasteiger charge is 2.48. The predicted molar refractivity (Wildman–Crippen MR) is 121 cm³/mol. The van der Waals surface area contributed by atoms with Gasteiger partial charge in [-0.3, -0.25) is 19.5 Å². The smallest absolute Gasteiger partial charge is 0.253 e. The molecule has 1 aliphatic carbocycles. The Hall–Kier alpha value is -1.99. The number of carbonyl (C=O) groups excluding carboxylic acids is 2. The van der Waals surface area contributed by atoms with Crippen molar-refractivity contribution in [3.05, 3.63) is 30.1 Å². The minimum atomic E-state index is -0.272. The zero-order chi connectivity index (χ0) is 22.0. The van der Waals surface area contributed by atoms with Gasteiger partial charge in [0.1, 0.15) is 5.54 Å². The number of rotatable bonds is 5. The van der Waals surface area contributed by atoms with E-state index in [2.05, 4.69) is 15.2 Å². The summed E-state index contributed by atoms with van der Waals surface area (Å²) in [5.41, 5.74) is 0.290. The molecule has 32 heavy (non-hydrogen) atoms. The van der Waals surface area contributed by atoms with E-state index in [0.29, 0.717) is 12.1 Å². The summed E-state index contributed by atoms with van der Waals surface area (Å²) in [5, 5.41) is 3.28. The lowest BCUT2D eigenvalue weighted by Gasteiger charge is -2.39. The highest BCUT2D eigenvalue weighted by atomic mass is 16.5. The van der Waals surface area contributed by atoms with Crippen LogP contribution in [0.1, 0.15) is 74.6 Å². The van der Waals surface area contributed by atoms with Crippen molar-refractivity contribution >= 4 is 11.8 Å². The van der Waals surface area contributed by atoms with Crippen molar-refractivity contribution in [1.29, 1.82) is 0 Å². The van der Waals surface area contributed by atoms with E-state index < -0.39 is 0 Å². The average Bonchev–Trinajstić information content (AvgIpc) is 3.60. The van der Waals surface area contributed by atoms with Gasteiger partial charge in [-0.25, -0.2) is 0 Å². The van der Waals surface area contributed by atoms with Crippen molar-refractivity contribution in [3.8, 4) is 0 Å². The lowest BCUT2D eigenvalue weighted by atomic mass is 9.88. The van der Waals surface area contributed by atoms with E-state index in [-0.39, 0.29) is 29.1 Å². The summed E-state index contributed by atoms with van der Waals surface area (Å²) >= 11 is 0. The van der Waals surface area contributed by atoms with Crippen LogP contribution in [0.15, 0.2) is 24.5 Å². The molecule has 0 radical (unpaired) electrons. The highest BCUT2D eigenvalue weighted by molar-refractivity contribution is 5.94. The lowest BCUT2D eigenvalue weighted by molar-refractivity contribution is -0.134. The molecule has 1 N–H and O–H groups in total. The van der Waals surface area contributed by atoms with Gasteiger partial charge in [-0.15, -0.1) is 0 Å². The molecule has 5 rings (SSSR count). The van der Waals surface area contributed by atoms with Crippen molar-refractivity contribution in [1.82, 2.24) is 20.1 Å². The molecule has 1 atom stereocenters. The normalized spacial score (nSPS) is 27.1. The van der Waals surface area contributed by atoms with Crippen LogP contribution >= 0.6 is 0 Å². The third-order valence-corrected chi connectivity index (χ3v) is 8.28. The number of aromatic nitrogens is 1. The second kappa shape index (κ2) is 9.10. The number of amides is 2. The van der Waals surface area contributed by atoms with Crippen molar-refractivity contribution in [3.63, 3.8) is 0 Å². The fraction of sp³-hybridized carbons (Fsp3) is 0.720. The van der Waals surface area contributed by atoms with Crippen LogP contribution in [0.3, 0.4) is 0 Å². The molecule has 3 saturated heterocycles. The molecule has 4 aliphatic rings. The number of carbonyl (C=O) groups is 2. The van der Waals surface area contributed by atoms with Gasteiger partial charge < -0.3 is 15.0 Å². The predicted octanol–water partition coefficient (Wildman–Crippen LogP) is 2.76. The first-order valence-corrected chi connectivity index (χ1v) is 12.5. The standard InChI is InChI=1S/C25H36N4O3/c30-22(20-6-13-26-14-7-20)28-17-11-24(12-18-28)10-5-21(32-24)19-27-23(31)25(8-1-2-9-25)29-15-3-4-16-29/h6-7,13-14,21H,1-5,8-12,15-19H2,(H,27,31)/t21-/m0/s1. The summed E-state index contributed by atoms with van der Waals surface area (Å²) < 4.78 is 6.52. The van der Waals surface area contributed by atoms with E-state index in [1.807, 2.05) is 4.90 Å². The molecule has 0 unspecified atom stereocenters. The SMILES string of the molecule is O=C(c1ccncc1)N1CCC2(CC[C@@H](CNC(=O)C3(N4CCCC4)CCCC3)O2)CC1. The second-order valence-electron chi connectivity index (χ2n) is 10.1. The molecular formula is C25H36N4O3. The average molecular weight is 441 g/mol. The zero-order valence-electron chi connectivity index (χ0n) is 19.1. The summed E-state index contributed by atoms with van der Waals surface area (Å²) in [6.07, 6.45) is 13.9. The molecule has 1 aromatic rings. The van der Waals surface area contributed by atoms with Crippen LogP contribution < -0.4 is 5.32 Å². The molecule has 0 bridgehead atoms. The van der Waals surface area contributed by atoms with Crippen LogP contribution in [0.4, 0.5) is 0 Å². The number of piperidine rings is 1. The third-order valence-electron chi connectivity index (χ3n) is 8.28. The molecule has 1 spiro atoms. The zero-order valence-corrected chi connectivity index (χ0v) is 19.1. The van der Waals surface area contributed by atoms with E-state index in [0.717, 1.165) is 77.5 Å². The van der Waals surface area contributed by atoms with Gasteiger partial charge in [-0.05, 0) is 76.6 Å². The maximum atomic E-state index is 13.3. The molecule has 1 saturated carbocycles. The molecule has 2 amide bonds. The Balaban J connectivity index is 1.12. The Morgan fingerprint density at radius 1 is 0.969 bits per heavy atom. The van der Waals surface area contributed by atoms with E-state index in [4.69, 9.17) is 4.74 Å². The Bertz CT molecular complexity index is 810. The van der Waals surface area contributed by atoms with Gasteiger partial charge in [0, 0.05) is 37.6 Å². The maximum absolute atomic E-state index is 13.3. The van der Waals surface area contributed by atoms with Gasteiger partial charge in [-0.2, -0.15) is 0 Å². The number of nitrogens with one attached hydrogen (secondary N) is 1. The van der Waals surface area contributed by atoms with Crippen LogP contribution in [0.5, 0.6) is 0 Å². The molecule has 4 heterocycles. The van der Waals surface area contributed by atoms with E-state index >= 15 is 0 Å². The Morgan fingerprint density at radius 2 is 1.66 bits per heavy atom. The van der Waals surface area contributed by atoms with E-state index in [9.17, 15) is 9.59 Å². The largest absolute Gasteiger partial charge is 0.370 e. The molecular weight excluding hydrogens is 404 g/mol. The van der Waals surface area contributed by atoms with Crippen LogP contribution in [-0.2, 0) is 9.53 Å². The molecule has 1 aromatic heterocycles. The summed E-state index contributed by atoms with van der Waals surface area (Å²) in [6.45, 7) is 4.17. The molecule has 0 aromatic carbocycles. The van der Waals surface area contributed by atoms with Crippen molar-refractivity contribution < 1.29 is 14.3 Å². The van der Waals surface area contributed by atoms with E-state index in [1.54, 1.807) is 24.5 Å². The molecule has 7 nitrogen and oxygen atoms in total. The van der Waals surface area contributed by atoms with Crippen LogP contribution in [0, 0.1) is 0 Å². The monoisotopic (exact) mass is 440 g/mol. The first kappa shape index (κ1) is 21.8. The topological polar surface area (TPSA) is 74.8 Å². The van der Waals surface area contributed by atoms with Crippen molar-refractivity contribution in [2.45, 2.75) is 81.5 Å². The van der Waals surface area contributed by atoms with Gasteiger partial charge >= 0.3 is 0 Å². The number of ether oxygens (including phenoxy) is 1. The van der Waals surface area contributed by atoms with Crippen LogP contribution in [0.2, 0.25) is 0 Å². The maximum Gasteiger partial charge on any atom is 0.253 e. The Kier molecular flexibility index (Phi) is 6.21. The number of nitrogens with zero attached hydrogens (tertiary/aromatic N) is 3. The van der Waals surface area contributed by atoms with Crippen molar-refractivity contribution in [2.75, 3.05) is 32.7 Å². The minimum absolute atomic E-state index is 0.0767. The summed E-state index contributed by atoms with van der Waals surface area (Å²) in [4.78, 5) is 34.4.